The van der Waals surface area contributed by atoms with Gasteiger partial charge in [-0.05, 0) is 48.5 Å². The molecule has 4 aromatic rings. The van der Waals surface area contributed by atoms with Gasteiger partial charge in [0.25, 0.3) is 5.91 Å². The molecule has 0 radical (unpaired) electrons. The van der Waals surface area contributed by atoms with Crippen molar-refractivity contribution >= 4 is 29.2 Å². The number of anilines is 2. The summed E-state index contributed by atoms with van der Waals surface area (Å²) < 4.78 is 50.4. The van der Waals surface area contributed by atoms with E-state index < -0.39 is 16.8 Å². The molecule has 1 amide bonds. The van der Waals surface area contributed by atoms with Gasteiger partial charge in [-0.1, -0.05) is 16.7 Å². The fraction of sp³-hybridized carbons (Fsp3) is 0.0909. The molecule has 4 rings (SSSR count). The van der Waals surface area contributed by atoms with Crippen molar-refractivity contribution in [1.82, 2.24) is 20.5 Å². The minimum absolute atomic E-state index is 0.0872. The van der Waals surface area contributed by atoms with Gasteiger partial charge in [-0.3, -0.25) is 9.78 Å². The minimum Gasteiger partial charge on any atom is -0.457 e. The number of ether oxygens (including phenoxy) is 1. The van der Waals surface area contributed by atoms with Crippen molar-refractivity contribution in [2.45, 2.75) is 6.18 Å². The van der Waals surface area contributed by atoms with E-state index in [4.69, 9.17) is 20.8 Å². The van der Waals surface area contributed by atoms with E-state index >= 15 is 0 Å². The number of benzene rings is 2. The highest BCUT2D eigenvalue weighted by atomic mass is 35.5. The van der Waals surface area contributed by atoms with Crippen LogP contribution in [0.5, 0.6) is 11.5 Å². The lowest BCUT2D eigenvalue weighted by molar-refractivity contribution is -0.137. The van der Waals surface area contributed by atoms with Crippen LogP contribution in [-0.4, -0.2) is 28.1 Å². The molecule has 2 aromatic carbocycles. The average molecular weight is 490 g/mol. The molecule has 0 aliphatic rings. The van der Waals surface area contributed by atoms with Crippen LogP contribution in [0.15, 0.2) is 65.2 Å². The summed E-state index contributed by atoms with van der Waals surface area (Å²) in [6, 6.07) is 13.0. The van der Waals surface area contributed by atoms with Crippen molar-refractivity contribution in [3.63, 3.8) is 0 Å². The van der Waals surface area contributed by atoms with Crippen molar-refractivity contribution in [3.8, 4) is 23.0 Å². The quantitative estimate of drug-likeness (QED) is 0.358. The molecule has 2 aromatic heterocycles. The molecule has 2 heterocycles. The van der Waals surface area contributed by atoms with E-state index in [9.17, 15) is 18.0 Å². The topological polar surface area (TPSA) is 102 Å². The summed E-state index contributed by atoms with van der Waals surface area (Å²) >= 11 is 5.63. The van der Waals surface area contributed by atoms with Crippen LogP contribution in [0.25, 0.3) is 11.5 Å². The Kier molecular flexibility index (Phi) is 6.37. The van der Waals surface area contributed by atoms with Gasteiger partial charge < -0.3 is 19.8 Å². The number of carbonyl (C=O) groups excluding carboxylic acids is 1. The Morgan fingerprint density at radius 1 is 1.03 bits per heavy atom. The summed E-state index contributed by atoms with van der Waals surface area (Å²) in [5.41, 5.74) is -0.124. The van der Waals surface area contributed by atoms with Crippen molar-refractivity contribution in [1.29, 1.82) is 0 Å². The van der Waals surface area contributed by atoms with Crippen LogP contribution in [0.3, 0.4) is 0 Å². The molecular weight excluding hydrogens is 475 g/mol. The first-order valence-corrected chi connectivity index (χ1v) is 10.0. The van der Waals surface area contributed by atoms with Gasteiger partial charge >= 0.3 is 12.2 Å². The van der Waals surface area contributed by atoms with E-state index in [-0.39, 0.29) is 29.2 Å². The number of alkyl halides is 3. The number of rotatable bonds is 6. The van der Waals surface area contributed by atoms with E-state index in [1.807, 2.05) is 0 Å². The molecule has 0 saturated carbocycles. The molecule has 0 spiro atoms. The second kappa shape index (κ2) is 9.40. The lowest BCUT2D eigenvalue weighted by atomic mass is 10.2. The van der Waals surface area contributed by atoms with Crippen LogP contribution in [0, 0.1) is 0 Å². The number of aromatic nitrogens is 3. The third-order valence-corrected chi connectivity index (χ3v) is 4.81. The van der Waals surface area contributed by atoms with Crippen LogP contribution in [0.2, 0.25) is 5.02 Å². The highest BCUT2D eigenvalue weighted by molar-refractivity contribution is 6.31. The molecule has 12 heteroatoms. The summed E-state index contributed by atoms with van der Waals surface area (Å²) in [4.78, 5) is 15.7. The SMILES string of the molecule is CNC(=O)c1cc(Oc2ccc(-c3nnc(Nc4ccc(Cl)c(C(F)(F)F)c4)o3)cc2)ccn1. The Bertz CT molecular complexity index is 1330. The maximum atomic E-state index is 13.0. The lowest BCUT2D eigenvalue weighted by Crippen LogP contribution is -2.18. The second-order valence-electron chi connectivity index (χ2n) is 6.81. The molecule has 2 N–H and O–H groups in total. The molecule has 0 aliphatic carbocycles. The molecule has 34 heavy (non-hydrogen) atoms. The molecule has 8 nitrogen and oxygen atoms in total. The van der Waals surface area contributed by atoms with Gasteiger partial charge in [-0.15, -0.1) is 5.10 Å². The zero-order chi connectivity index (χ0) is 24.3. The summed E-state index contributed by atoms with van der Waals surface area (Å²) in [7, 11) is 1.50. The van der Waals surface area contributed by atoms with Crippen molar-refractivity contribution in [2.24, 2.45) is 0 Å². The zero-order valence-electron chi connectivity index (χ0n) is 17.4. The highest BCUT2D eigenvalue weighted by Gasteiger charge is 2.33. The minimum atomic E-state index is -4.60. The predicted octanol–water partition coefficient (Wildman–Crippen LogP) is 5.70. The Morgan fingerprint density at radius 3 is 2.50 bits per heavy atom. The van der Waals surface area contributed by atoms with Crippen LogP contribution < -0.4 is 15.4 Å². The van der Waals surface area contributed by atoms with Gasteiger partial charge in [0.15, 0.2) is 0 Å². The first-order valence-electron chi connectivity index (χ1n) is 9.66. The van der Waals surface area contributed by atoms with E-state index in [2.05, 4.69) is 25.8 Å². The Hall–Kier alpha value is -4.12. The summed E-state index contributed by atoms with van der Waals surface area (Å²) in [5.74, 6) is 0.711. The van der Waals surface area contributed by atoms with E-state index in [1.54, 1.807) is 30.3 Å². The number of hydrogen-bond acceptors (Lipinski definition) is 7. The fourth-order valence-electron chi connectivity index (χ4n) is 2.86. The monoisotopic (exact) mass is 489 g/mol. The maximum Gasteiger partial charge on any atom is 0.417 e. The van der Waals surface area contributed by atoms with Crippen molar-refractivity contribution < 1.29 is 27.1 Å². The maximum absolute atomic E-state index is 13.0. The Morgan fingerprint density at radius 2 is 1.79 bits per heavy atom. The first-order chi connectivity index (χ1) is 16.2. The van der Waals surface area contributed by atoms with Gasteiger partial charge in [0.05, 0.1) is 10.6 Å². The number of hydrogen-bond donors (Lipinski definition) is 2. The summed E-state index contributed by atoms with van der Waals surface area (Å²) in [6.45, 7) is 0. The number of nitrogens with one attached hydrogen (secondary N) is 2. The molecule has 0 atom stereocenters. The van der Waals surface area contributed by atoms with Crippen molar-refractivity contribution in [2.75, 3.05) is 12.4 Å². The third kappa shape index (κ3) is 5.26. The van der Waals surface area contributed by atoms with Gasteiger partial charge in [0, 0.05) is 30.6 Å². The molecule has 0 fully saturated rings. The number of amides is 1. The third-order valence-electron chi connectivity index (χ3n) is 4.48. The fourth-order valence-corrected chi connectivity index (χ4v) is 3.09. The molecule has 0 bridgehead atoms. The average Bonchev–Trinajstić information content (AvgIpc) is 3.28. The van der Waals surface area contributed by atoms with Crippen LogP contribution in [0.1, 0.15) is 16.1 Å². The first kappa shape index (κ1) is 23.1. The largest absolute Gasteiger partial charge is 0.457 e. The van der Waals surface area contributed by atoms with E-state index in [0.29, 0.717) is 17.1 Å². The van der Waals surface area contributed by atoms with Crippen LogP contribution in [-0.2, 0) is 6.18 Å². The number of pyridine rings is 1. The van der Waals surface area contributed by atoms with Gasteiger partial charge in [-0.2, -0.15) is 13.2 Å². The second-order valence-corrected chi connectivity index (χ2v) is 7.22. The lowest BCUT2D eigenvalue weighted by Gasteiger charge is -2.10. The molecule has 0 unspecified atom stereocenters. The number of halogens is 4. The Balaban J connectivity index is 1.46. The molecule has 174 valence electrons. The highest BCUT2D eigenvalue weighted by Crippen LogP contribution is 2.37. The van der Waals surface area contributed by atoms with E-state index in [0.717, 1.165) is 12.1 Å². The number of nitrogens with zero attached hydrogens (tertiary/aromatic N) is 3. The van der Waals surface area contributed by atoms with Crippen molar-refractivity contribution in [3.05, 3.63) is 77.1 Å². The standard InChI is InChI=1S/C22H15ClF3N5O3/c1-27-19(32)18-11-15(8-9-28-18)33-14-5-2-12(3-6-14)20-30-31-21(34-20)29-13-4-7-17(23)16(10-13)22(24,25)26/h2-11H,1H3,(H,27,32)(H,29,31). The zero-order valence-corrected chi connectivity index (χ0v) is 18.1. The van der Waals surface area contributed by atoms with E-state index in [1.165, 1.54) is 25.4 Å². The van der Waals surface area contributed by atoms with Crippen LogP contribution in [0.4, 0.5) is 24.9 Å². The molecular formula is C22H15ClF3N5O3. The van der Waals surface area contributed by atoms with Gasteiger partial charge in [-0.25, -0.2) is 0 Å². The smallest absolute Gasteiger partial charge is 0.417 e. The summed E-state index contributed by atoms with van der Waals surface area (Å²) in [6.07, 6.45) is -3.14. The normalized spacial score (nSPS) is 11.2. The predicted molar refractivity (Wildman–Crippen MR) is 117 cm³/mol. The Labute approximate surface area is 195 Å². The van der Waals surface area contributed by atoms with Crippen LogP contribution >= 0.6 is 11.6 Å². The number of carbonyl (C=O) groups is 1. The van der Waals surface area contributed by atoms with Gasteiger partial charge in [0.2, 0.25) is 5.89 Å². The molecule has 0 aliphatic heterocycles. The van der Waals surface area contributed by atoms with Gasteiger partial charge in [0.1, 0.15) is 17.2 Å². The molecule has 0 saturated heterocycles. The summed E-state index contributed by atoms with van der Waals surface area (Å²) in [5, 5.41) is 12.4.